The minimum Gasteiger partial charge on any atom is -0.338 e. The molecule has 1 atom stereocenters. The number of nitrogens with zero attached hydrogens (tertiary/aromatic N) is 1. The lowest BCUT2D eigenvalue weighted by Crippen LogP contribution is -2.50. The number of carbonyl (C=O) groups is 1. The van der Waals surface area contributed by atoms with Gasteiger partial charge in [-0.1, -0.05) is 19.3 Å². The Balaban J connectivity index is 1.31. The highest BCUT2D eigenvalue weighted by molar-refractivity contribution is 7.99. The lowest BCUT2D eigenvalue weighted by Gasteiger charge is -2.39. The van der Waals surface area contributed by atoms with Crippen molar-refractivity contribution < 1.29 is 4.79 Å². The summed E-state index contributed by atoms with van der Waals surface area (Å²) in [6, 6.07) is 1.24. The molecule has 0 aromatic heterocycles. The van der Waals surface area contributed by atoms with E-state index in [0.29, 0.717) is 12.0 Å². The van der Waals surface area contributed by atoms with Gasteiger partial charge in [-0.15, -0.1) is 0 Å². The van der Waals surface area contributed by atoms with Crippen molar-refractivity contribution in [3.05, 3.63) is 0 Å². The number of nitrogens with one attached hydrogen (secondary N) is 2. The molecule has 2 aliphatic heterocycles. The lowest BCUT2D eigenvalue weighted by atomic mass is 9.92. The Kier molecular flexibility index (Phi) is 6.30. The van der Waals surface area contributed by atoms with Crippen LogP contribution in [0.3, 0.4) is 0 Å². The summed E-state index contributed by atoms with van der Waals surface area (Å²) in [6.45, 7) is 3.17. The molecule has 3 fully saturated rings. The average Bonchev–Trinajstić information content (AvgIpc) is 3.08. The predicted octanol–water partition coefficient (Wildman–Crippen LogP) is 2.84. The van der Waals surface area contributed by atoms with Gasteiger partial charge in [0.05, 0.1) is 0 Å². The molecule has 2 N–H and O–H groups in total. The molecule has 5 heteroatoms. The van der Waals surface area contributed by atoms with Crippen LogP contribution in [0.5, 0.6) is 0 Å². The Morgan fingerprint density at radius 2 is 1.82 bits per heavy atom. The van der Waals surface area contributed by atoms with Crippen LogP contribution >= 0.6 is 11.8 Å². The van der Waals surface area contributed by atoms with Gasteiger partial charge >= 0.3 is 6.03 Å². The fourth-order valence-corrected chi connectivity index (χ4v) is 5.36. The van der Waals surface area contributed by atoms with E-state index in [9.17, 15) is 4.79 Å². The molecule has 0 aromatic carbocycles. The van der Waals surface area contributed by atoms with Crippen LogP contribution in [0.25, 0.3) is 0 Å². The Morgan fingerprint density at radius 1 is 1.05 bits per heavy atom. The number of carbonyl (C=O) groups excluding carboxylic acids is 1. The van der Waals surface area contributed by atoms with Gasteiger partial charge in [-0.3, -0.25) is 0 Å². The number of urea groups is 1. The van der Waals surface area contributed by atoms with Crippen molar-refractivity contribution in [1.82, 2.24) is 15.5 Å². The molecule has 2 amide bonds. The maximum absolute atomic E-state index is 12.0. The monoisotopic (exact) mass is 325 g/mol. The Labute approximate surface area is 139 Å². The molecule has 1 saturated carbocycles. The van der Waals surface area contributed by atoms with Crippen LogP contribution in [0.1, 0.15) is 51.4 Å². The van der Waals surface area contributed by atoms with Crippen molar-refractivity contribution in [2.24, 2.45) is 5.92 Å². The highest BCUT2D eigenvalue weighted by Crippen LogP contribution is 2.25. The molecule has 0 unspecified atom stereocenters. The average molecular weight is 326 g/mol. The van der Waals surface area contributed by atoms with Gasteiger partial charge in [0.1, 0.15) is 0 Å². The van der Waals surface area contributed by atoms with Crippen molar-refractivity contribution in [1.29, 1.82) is 0 Å². The highest BCUT2D eigenvalue weighted by Gasteiger charge is 2.27. The third-order valence-electron chi connectivity index (χ3n) is 5.53. The quantitative estimate of drug-likeness (QED) is 0.835. The van der Waals surface area contributed by atoms with Gasteiger partial charge in [-0.25, -0.2) is 4.79 Å². The summed E-state index contributed by atoms with van der Waals surface area (Å²) in [5.41, 5.74) is 0. The molecule has 0 aromatic rings. The third kappa shape index (κ3) is 4.79. The number of likely N-dealkylation sites (tertiary alicyclic amines) is 1. The second-order valence-corrected chi connectivity index (χ2v) is 8.34. The molecule has 126 valence electrons. The summed E-state index contributed by atoms with van der Waals surface area (Å²) < 4.78 is 0. The van der Waals surface area contributed by atoms with Crippen LogP contribution < -0.4 is 10.6 Å². The summed E-state index contributed by atoms with van der Waals surface area (Å²) in [5.74, 6) is 3.15. The largest absolute Gasteiger partial charge is 0.338 e. The van der Waals surface area contributed by atoms with Gasteiger partial charge in [0.2, 0.25) is 0 Å². The van der Waals surface area contributed by atoms with E-state index in [0.717, 1.165) is 38.5 Å². The molecule has 22 heavy (non-hydrogen) atoms. The summed E-state index contributed by atoms with van der Waals surface area (Å²) in [6.07, 6.45) is 10.5. The third-order valence-corrected chi connectivity index (χ3v) is 6.76. The number of hydrogen-bond donors (Lipinski definition) is 2. The molecule has 4 nitrogen and oxygen atoms in total. The van der Waals surface area contributed by atoms with Gasteiger partial charge in [0.15, 0.2) is 0 Å². The number of hydrogen-bond acceptors (Lipinski definition) is 3. The Hall–Kier alpha value is -0.420. The van der Waals surface area contributed by atoms with Crippen LogP contribution in [-0.4, -0.2) is 54.2 Å². The molecule has 3 aliphatic rings. The second kappa shape index (κ2) is 8.44. The van der Waals surface area contributed by atoms with Gasteiger partial charge in [0, 0.05) is 31.7 Å². The normalized spacial score (nSPS) is 28.6. The summed E-state index contributed by atoms with van der Waals surface area (Å²) in [4.78, 5) is 14.7. The molecule has 3 rings (SSSR count). The molecule has 1 aliphatic carbocycles. The van der Waals surface area contributed by atoms with Crippen LogP contribution in [0.4, 0.5) is 4.79 Å². The van der Waals surface area contributed by atoms with E-state index >= 15 is 0 Å². The first kappa shape index (κ1) is 16.4. The van der Waals surface area contributed by atoms with E-state index in [1.165, 1.54) is 50.0 Å². The Bertz CT molecular complexity index is 346. The Morgan fingerprint density at radius 3 is 2.50 bits per heavy atom. The maximum Gasteiger partial charge on any atom is 0.315 e. The molecule has 2 heterocycles. The molecule has 2 saturated heterocycles. The fourth-order valence-electron chi connectivity index (χ4n) is 4.07. The molecular formula is C17H31N3OS. The zero-order chi connectivity index (χ0) is 15.2. The van der Waals surface area contributed by atoms with Crippen LogP contribution in [-0.2, 0) is 0 Å². The fraction of sp³-hybridized carbons (Fsp3) is 0.941. The van der Waals surface area contributed by atoms with E-state index in [1.54, 1.807) is 0 Å². The first-order chi connectivity index (χ1) is 10.8. The van der Waals surface area contributed by atoms with Crippen molar-refractivity contribution in [2.75, 3.05) is 31.1 Å². The van der Waals surface area contributed by atoms with Crippen molar-refractivity contribution >= 4 is 17.8 Å². The van der Waals surface area contributed by atoms with Crippen LogP contribution in [0.15, 0.2) is 0 Å². The number of amides is 2. The van der Waals surface area contributed by atoms with Gasteiger partial charge in [-0.05, 0) is 49.5 Å². The first-order valence-corrected chi connectivity index (χ1v) is 10.3. The van der Waals surface area contributed by atoms with E-state index in [-0.39, 0.29) is 6.03 Å². The number of rotatable bonds is 4. The molecular weight excluding hydrogens is 294 g/mol. The number of piperidine rings is 1. The van der Waals surface area contributed by atoms with Crippen LogP contribution in [0, 0.1) is 5.92 Å². The minimum absolute atomic E-state index is 0.0491. The van der Waals surface area contributed by atoms with Gasteiger partial charge in [-0.2, -0.15) is 11.8 Å². The summed E-state index contributed by atoms with van der Waals surface area (Å²) >= 11 is 2.01. The van der Waals surface area contributed by atoms with Crippen LogP contribution in [0.2, 0.25) is 0 Å². The van der Waals surface area contributed by atoms with Crippen molar-refractivity contribution in [3.63, 3.8) is 0 Å². The minimum atomic E-state index is 0.0491. The zero-order valence-corrected chi connectivity index (χ0v) is 14.5. The van der Waals surface area contributed by atoms with E-state index < -0.39 is 0 Å². The zero-order valence-electron chi connectivity index (χ0n) is 13.7. The standard InChI is InChI=1S/C17H31N3OS/c21-17(18-12-14-8-11-22-13-14)19-15-6-9-20(10-7-15)16-4-2-1-3-5-16/h14-16H,1-13H2,(H2,18,19,21)/t14-/m1/s1. The lowest BCUT2D eigenvalue weighted by molar-refractivity contribution is 0.117. The topological polar surface area (TPSA) is 44.4 Å². The SMILES string of the molecule is O=C(NC[C@H]1CCSC1)NC1CCN(C2CCCCC2)CC1. The molecule has 0 bridgehead atoms. The number of thioether (sulfide) groups is 1. The van der Waals surface area contributed by atoms with Crippen molar-refractivity contribution in [3.8, 4) is 0 Å². The van der Waals surface area contributed by atoms with E-state index in [2.05, 4.69) is 15.5 Å². The highest BCUT2D eigenvalue weighted by atomic mass is 32.2. The summed E-state index contributed by atoms with van der Waals surface area (Å²) in [5, 5.41) is 6.25. The maximum atomic E-state index is 12.0. The van der Waals surface area contributed by atoms with Crippen molar-refractivity contribution in [2.45, 2.75) is 63.5 Å². The summed E-state index contributed by atoms with van der Waals surface area (Å²) in [7, 11) is 0. The molecule has 0 spiro atoms. The second-order valence-electron chi connectivity index (χ2n) is 7.19. The van der Waals surface area contributed by atoms with Gasteiger partial charge < -0.3 is 15.5 Å². The smallest absolute Gasteiger partial charge is 0.315 e. The molecule has 0 radical (unpaired) electrons. The predicted molar refractivity (Wildman–Crippen MR) is 93.4 cm³/mol. The van der Waals surface area contributed by atoms with E-state index in [4.69, 9.17) is 0 Å². The van der Waals surface area contributed by atoms with Gasteiger partial charge in [0.25, 0.3) is 0 Å². The van der Waals surface area contributed by atoms with E-state index in [1.807, 2.05) is 11.8 Å². The first-order valence-electron chi connectivity index (χ1n) is 9.17.